The topological polar surface area (TPSA) is 48.5 Å². The number of hydrogen-bond acceptors (Lipinski definition) is 3. The third kappa shape index (κ3) is 11.0. The molecule has 2 aliphatic heterocycles. The maximum atomic E-state index is 5.86. The molecule has 6 heteroatoms. The minimum absolute atomic E-state index is 0.0102. The van der Waals surface area contributed by atoms with Crippen LogP contribution >= 0.6 is 0 Å². The predicted molar refractivity (Wildman–Crippen MR) is 450 cm³/mol. The first kappa shape index (κ1) is 63.6. The van der Waals surface area contributed by atoms with E-state index in [9.17, 15) is 0 Å². The van der Waals surface area contributed by atoms with E-state index in [1.165, 1.54) is 105 Å². The standard InChI is InChI=1S/C101H74BN5/c1-100(2,3)82-43-37-69(38-44-82)77-57-86-84-55-71(63-25-13-7-14-26-63)41-47-90(84)106-92-61-81(62-93-94(92)102(88(59-77)95(86)106)89-60-78(70-39-45-83(46-40-70)101(4,5)6)58-87-85-56-72(64-27-15-8-16-28-64)42-48-91(85)107(93)96(87)89)99-104-97(79-51-73(65-29-17-9-18-30-65)49-74(52-79)66-31-19-10-20-32-66)103-98(105-99)80-53-75(67-33-21-11-22-34-67)50-76(54-80)68-35-23-12-24-36-68/h7-62H,1-6H3. The van der Waals surface area contributed by atoms with Gasteiger partial charge in [0.2, 0.25) is 0 Å². The van der Waals surface area contributed by atoms with Crippen molar-refractivity contribution in [3.63, 3.8) is 0 Å². The van der Waals surface area contributed by atoms with E-state index in [2.05, 4.69) is 390 Å². The number of fused-ring (bicyclic) bond motifs is 10. The lowest BCUT2D eigenvalue weighted by atomic mass is 9.34. The molecule has 0 N–H and O–H groups in total. The largest absolute Gasteiger partial charge is 0.310 e. The Hall–Kier alpha value is -13.0. The summed E-state index contributed by atoms with van der Waals surface area (Å²) in [5.41, 5.74) is 33.9. The SMILES string of the molecule is CC(C)(C)c1ccc(-c2cc3c4c(c2)c2cc(-c5ccccc5)ccc2n4-c2cc(-c4nc(-c5cc(-c6ccccc6)cc(-c6ccccc6)c5)nc(-c5cc(-c6ccccc6)cc(-c6ccccc6)c5)n4)cc4c2B3c2cc(-c3ccc(C(C)(C)C)cc3)cc3c5cc(-c6ccccc6)ccc5n-4c23)cc1. The maximum absolute atomic E-state index is 5.86. The van der Waals surface area contributed by atoms with Crippen LogP contribution in [0.5, 0.6) is 0 Å². The quantitative estimate of drug-likeness (QED) is 0.121. The molecule has 3 aromatic heterocycles. The summed E-state index contributed by atoms with van der Waals surface area (Å²) in [7, 11) is 0. The number of aromatic nitrogens is 5. The van der Waals surface area contributed by atoms with Crippen molar-refractivity contribution in [2.45, 2.75) is 52.4 Å². The van der Waals surface area contributed by atoms with Crippen LogP contribution in [0, 0.1) is 0 Å². The van der Waals surface area contributed by atoms with Gasteiger partial charge in [-0.25, -0.2) is 15.0 Å². The molecule has 0 fully saturated rings. The van der Waals surface area contributed by atoms with E-state index < -0.39 is 0 Å². The highest BCUT2D eigenvalue weighted by Crippen LogP contribution is 2.46. The fourth-order valence-corrected chi connectivity index (χ4v) is 16.9. The van der Waals surface area contributed by atoms with Gasteiger partial charge in [0, 0.05) is 60.6 Å². The average molecular weight is 1370 g/mol. The van der Waals surface area contributed by atoms with Crippen LogP contribution in [0.3, 0.4) is 0 Å². The number of rotatable bonds is 11. The highest BCUT2D eigenvalue weighted by Gasteiger charge is 2.42. The van der Waals surface area contributed by atoms with Crippen molar-refractivity contribution in [3.8, 4) is 135 Å². The Kier molecular flexibility index (Phi) is 14.8. The van der Waals surface area contributed by atoms with Gasteiger partial charge in [0.05, 0.1) is 11.0 Å². The lowest BCUT2D eigenvalue weighted by molar-refractivity contribution is 0.590. The molecule has 0 atom stereocenters. The van der Waals surface area contributed by atoms with Gasteiger partial charge < -0.3 is 9.13 Å². The second kappa shape index (κ2) is 24.8. The molecule has 0 spiro atoms. The molecule has 0 unspecified atom stereocenters. The third-order valence-electron chi connectivity index (χ3n) is 22.4. The highest BCUT2D eigenvalue weighted by atomic mass is 15.1. The lowest BCUT2D eigenvalue weighted by Crippen LogP contribution is -2.59. The summed E-state index contributed by atoms with van der Waals surface area (Å²) in [5.74, 6) is 1.71. The van der Waals surface area contributed by atoms with Gasteiger partial charge in [-0.15, -0.1) is 0 Å². The van der Waals surface area contributed by atoms with Crippen LogP contribution in [0.25, 0.3) is 178 Å². The summed E-state index contributed by atoms with van der Waals surface area (Å²) in [6, 6.07) is 126. The molecular formula is C101H74BN5. The van der Waals surface area contributed by atoms with E-state index in [0.29, 0.717) is 17.5 Å². The molecular weight excluding hydrogens is 1290 g/mol. The van der Waals surface area contributed by atoms with Crippen molar-refractivity contribution in [1.82, 2.24) is 24.1 Å². The van der Waals surface area contributed by atoms with E-state index in [-0.39, 0.29) is 17.5 Å². The molecule has 20 rings (SSSR count). The summed E-state index contributed by atoms with van der Waals surface area (Å²) in [6.07, 6.45) is 0. The summed E-state index contributed by atoms with van der Waals surface area (Å²) in [4.78, 5) is 17.4. The Balaban J connectivity index is 0.921. The predicted octanol–water partition coefficient (Wildman–Crippen LogP) is 24.1. The summed E-state index contributed by atoms with van der Waals surface area (Å²) < 4.78 is 5.20. The van der Waals surface area contributed by atoms with Crippen LogP contribution in [-0.4, -0.2) is 30.8 Å². The van der Waals surface area contributed by atoms with Crippen molar-refractivity contribution < 1.29 is 0 Å². The van der Waals surface area contributed by atoms with Gasteiger partial charge in [-0.2, -0.15) is 0 Å². The molecule has 2 aliphatic rings. The first-order valence-electron chi connectivity index (χ1n) is 37.3. The monoisotopic (exact) mass is 1370 g/mol. The Morgan fingerprint density at radius 1 is 0.224 bits per heavy atom. The minimum atomic E-state index is -0.226. The average Bonchev–Trinajstić information content (AvgIpc) is 1.57. The molecule has 0 saturated heterocycles. The summed E-state index contributed by atoms with van der Waals surface area (Å²) in [6.45, 7) is 13.6. The Labute approximate surface area is 624 Å². The van der Waals surface area contributed by atoms with Crippen molar-refractivity contribution in [2.75, 3.05) is 0 Å². The molecule has 107 heavy (non-hydrogen) atoms. The molecule has 15 aromatic carbocycles. The second-order valence-electron chi connectivity index (χ2n) is 31.2. The van der Waals surface area contributed by atoms with Gasteiger partial charge in [-0.1, -0.05) is 296 Å². The van der Waals surface area contributed by atoms with Crippen LogP contribution < -0.4 is 16.4 Å². The van der Waals surface area contributed by atoms with Gasteiger partial charge in [-0.3, -0.25) is 0 Å². The third-order valence-corrected chi connectivity index (χ3v) is 22.4. The zero-order valence-electron chi connectivity index (χ0n) is 60.6. The molecule has 0 amide bonds. The molecule has 5 nitrogen and oxygen atoms in total. The Bertz CT molecular complexity index is 6060. The first-order chi connectivity index (χ1) is 52.3. The minimum Gasteiger partial charge on any atom is -0.310 e. The molecule has 0 bridgehead atoms. The van der Waals surface area contributed by atoms with Crippen molar-refractivity contribution in [1.29, 1.82) is 0 Å². The normalized spacial score (nSPS) is 12.4. The van der Waals surface area contributed by atoms with E-state index in [4.69, 9.17) is 15.0 Å². The van der Waals surface area contributed by atoms with Crippen molar-refractivity contribution >= 4 is 66.7 Å². The lowest BCUT2D eigenvalue weighted by Gasteiger charge is -2.34. The maximum Gasteiger partial charge on any atom is 0.252 e. The van der Waals surface area contributed by atoms with Gasteiger partial charge >= 0.3 is 0 Å². The van der Waals surface area contributed by atoms with E-state index in [1.807, 2.05) is 0 Å². The Morgan fingerprint density at radius 3 is 0.785 bits per heavy atom. The van der Waals surface area contributed by atoms with Gasteiger partial charge in [0.25, 0.3) is 6.71 Å². The molecule has 0 saturated carbocycles. The van der Waals surface area contributed by atoms with Crippen LogP contribution in [0.1, 0.15) is 52.7 Å². The number of hydrogen-bond donors (Lipinski definition) is 0. The van der Waals surface area contributed by atoms with Crippen LogP contribution in [0.2, 0.25) is 0 Å². The number of nitrogens with zero attached hydrogens (tertiary/aromatic N) is 5. The molecule has 506 valence electrons. The molecule has 18 aromatic rings. The summed E-state index contributed by atoms with van der Waals surface area (Å²) >= 11 is 0. The van der Waals surface area contributed by atoms with Crippen molar-refractivity contribution in [3.05, 3.63) is 351 Å². The fraction of sp³-hybridized carbons (Fsp3) is 0.0792. The van der Waals surface area contributed by atoms with Crippen LogP contribution in [0.4, 0.5) is 0 Å². The fourth-order valence-electron chi connectivity index (χ4n) is 16.9. The highest BCUT2D eigenvalue weighted by molar-refractivity contribution is 7.00. The van der Waals surface area contributed by atoms with E-state index in [0.717, 1.165) is 83.6 Å². The second-order valence-corrected chi connectivity index (χ2v) is 31.2. The van der Waals surface area contributed by atoms with Gasteiger partial charge in [0.15, 0.2) is 17.5 Å². The van der Waals surface area contributed by atoms with Crippen LogP contribution in [0.15, 0.2) is 340 Å². The molecule has 5 heterocycles. The van der Waals surface area contributed by atoms with E-state index in [1.54, 1.807) is 0 Å². The van der Waals surface area contributed by atoms with Crippen molar-refractivity contribution in [2.24, 2.45) is 0 Å². The van der Waals surface area contributed by atoms with E-state index >= 15 is 0 Å². The van der Waals surface area contributed by atoms with Gasteiger partial charge in [0.1, 0.15) is 0 Å². The first-order valence-corrected chi connectivity index (χ1v) is 37.3. The molecule has 0 aliphatic carbocycles. The zero-order chi connectivity index (χ0) is 71.8. The Morgan fingerprint density at radius 2 is 0.477 bits per heavy atom. The van der Waals surface area contributed by atoms with Gasteiger partial charge in [-0.05, 0) is 212 Å². The van der Waals surface area contributed by atoms with Crippen LogP contribution in [-0.2, 0) is 10.8 Å². The smallest absolute Gasteiger partial charge is 0.252 e. The molecule has 0 radical (unpaired) electrons. The zero-order valence-corrected chi connectivity index (χ0v) is 60.6. The summed E-state index contributed by atoms with van der Waals surface area (Å²) in [5, 5.41) is 4.79. The number of benzene rings is 15.